The molecule has 2 rings (SSSR count). The molecule has 0 aromatic heterocycles. The molecule has 1 aromatic rings. The van der Waals surface area contributed by atoms with Gasteiger partial charge in [0.25, 0.3) is 0 Å². The third-order valence-corrected chi connectivity index (χ3v) is 5.29. The molecule has 0 bridgehead atoms. The van der Waals surface area contributed by atoms with E-state index < -0.39 is 9.84 Å². The Hall–Kier alpha value is -0.830. The molecule has 0 aliphatic heterocycles. The normalized spacial score (nSPS) is 12.7. The van der Waals surface area contributed by atoms with Crippen LogP contribution in [-0.2, 0) is 15.3 Å². The lowest BCUT2D eigenvalue weighted by Crippen LogP contribution is -2.12. The molecule has 0 unspecified atom stereocenters. The number of hydrogen-bond donors (Lipinski definition) is 0. The standard InChI is InChI=1S/C10H14.C9H18.C6H14.C5H12.C4H10.C3H8.C2H6O2S.C2H6.CH4/c1-10(2,3)9-7-5-4-6-8-9;1-8(2)9-6-4-3-5-7-9;1-5-6(2,3)4;1-5(2,3)4;1-4(2)3;1-3-2;1-5(2,3)4;1-2;/h4-8H,1-3H3;8-9H,3-7H2,1-2H3;5H2,1-4H3;1-4H3;4H,1-3H3;3H2,1-2H3;1-2H3;1-2H3;1H4. The number of hydrogen-bond acceptors (Lipinski definition) is 2. The maximum Gasteiger partial charge on any atom is 0.144 e. The van der Waals surface area contributed by atoms with Crippen molar-refractivity contribution < 1.29 is 8.42 Å². The lowest BCUT2D eigenvalue weighted by Gasteiger charge is -2.24. The molecular weight excluding hydrogens is 569 g/mol. The zero-order valence-corrected chi connectivity index (χ0v) is 35.6. The molecule has 45 heavy (non-hydrogen) atoms. The van der Waals surface area contributed by atoms with Crippen molar-refractivity contribution in [2.75, 3.05) is 12.5 Å². The van der Waals surface area contributed by atoms with Gasteiger partial charge in [0.05, 0.1) is 0 Å². The van der Waals surface area contributed by atoms with Crippen LogP contribution in [0.15, 0.2) is 30.3 Å². The van der Waals surface area contributed by atoms with Crippen molar-refractivity contribution in [2.24, 2.45) is 28.6 Å². The van der Waals surface area contributed by atoms with Gasteiger partial charge in [-0.25, -0.2) is 8.42 Å². The highest BCUT2D eigenvalue weighted by molar-refractivity contribution is 7.89. The summed E-state index contributed by atoms with van der Waals surface area (Å²) in [7, 11) is -2.67. The fraction of sp³-hybridized carbons (Fsp3) is 0.857. The van der Waals surface area contributed by atoms with Crippen LogP contribution < -0.4 is 0 Å². The Balaban J connectivity index is -0.0000000766. The minimum Gasteiger partial charge on any atom is -0.229 e. The molecule has 0 amide bonds. The van der Waals surface area contributed by atoms with Gasteiger partial charge in [0, 0.05) is 12.5 Å². The van der Waals surface area contributed by atoms with E-state index in [-0.39, 0.29) is 7.43 Å². The van der Waals surface area contributed by atoms with Gasteiger partial charge in [0.2, 0.25) is 0 Å². The first-order valence-corrected chi connectivity index (χ1v) is 20.1. The van der Waals surface area contributed by atoms with Gasteiger partial charge in [-0.3, -0.25) is 0 Å². The van der Waals surface area contributed by atoms with Crippen LogP contribution >= 0.6 is 0 Å². The first-order valence-electron chi connectivity index (χ1n) is 17.8. The summed E-state index contributed by atoms with van der Waals surface area (Å²) < 4.78 is 19.3. The first kappa shape index (κ1) is 59.6. The van der Waals surface area contributed by atoms with Crippen LogP contribution in [0, 0.1) is 28.6 Å². The van der Waals surface area contributed by atoms with Gasteiger partial charge >= 0.3 is 0 Å². The van der Waals surface area contributed by atoms with Crippen LogP contribution in [-0.4, -0.2) is 20.9 Å². The topological polar surface area (TPSA) is 34.1 Å². The fourth-order valence-corrected chi connectivity index (χ4v) is 2.74. The van der Waals surface area contributed by atoms with Crippen LogP contribution in [0.3, 0.4) is 0 Å². The zero-order chi connectivity index (χ0) is 36.8. The van der Waals surface area contributed by atoms with Crippen molar-refractivity contribution in [1.82, 2.24) is 0 Å². The third kappa shape index (κ3) is 92.2. The van der Waals surface area contributed by atoms with Crippen molar-refractivity contribution in [3.63, 3.8) is 0 Å². The number of rotatable bonds is 1. The van der Waals surface area contributed by atoms with Crippen LogP contribution in [0.25, 0.3) is 0 Å². The average Bonchev–Trinajstić information content (AvgIpc) is 2.84. The highest BCUT2D eigenvalue weighted by atomic mass is 32.2. The van der Waals surface area contributed by atoms with Crippen molar-refractivity contribution in [2.45, 2.75) is 196 Å². The molecule has 1 aliphatic rings. The number of benzene rings is 1. The molecule has 0 spiro atoms. The van der Waals surface area contributed by atoms with Gasteiger partial charge in [-0.1, -0.05) is 221 Å². The molecule has 278 valence electrons. The Kier molecular flexibility index (Phi) is 45.7. The minimum atomic E-state index is -2.67. The zero-order valence-electron chi connectivity index (χ0n) is 34.8. The SMILES string of the molecule is C.CC.CC(C)(C)C.CC(C)(C)c1ccccc1.CC(C)C.CC(C)C1CCCCC1.CCC.CCC(C)(C)C.CS(C)(=O)=O. The summed E-state index contributed by atoms with van der Waals surface area (Å²) in [6, 6.07) is 10.6. The summed E-state index contributed by atoms with van der Waals surface area (Å²) >= 11 is 0. The second-order valence-electron chi connectivity index (χ2n) is 16.8. The maximum atomic E-state index is 9.63. The maximum absolute atomic E-state index is 9.63. The summed E-state index contributed by atoms with van der Waals surface area (Å²) in [4.78, 5) is 0. The Morgan fingerprint density at radius 2 is 0.933 bits per heavy atom. The Morgan fingerprint density at radius 1 is 0.689 bits per heavy atom. The summed E-state index contributed by atoms with van der Waals surface area (Å²) in [5, 5.41) is 0. The van der Waals surface area contributed by atoms with Crippen LogP contribution in [0.5, 0.6) is 0 Å². The average molecular weight is 661 g/mol. The molecule has 0 saturated heterocycles. The van der Waals surface area contributed by atoms with Gasteiger partial charge < -0.3 is 0 Å². The van der Waals surface area contributed by atoms with Crippen LogP contribution in [0.4, 0.5) is 0 Å². The van der Waals surface area contributed by atoms with E-state index in [1.807, 2.05) is 13.8 Å². The molecule has 1 saturated carbocycles. The monoisotopic (exact) mass is 661 g/mol. The smallest absolute Gasteiger partial charge is 0.144 e. The molecule has 0 heterocycles. The molecule has 0 radical (unpaired) electrons. The molecule has 0 N–H and O–H groups in total. The quantitative estimate of drug-likeness (QED) is 0.300. The van der Waals surface area contributed by atoms with Crippen molar-refractivity contribution in [3.8, 4) is 0 Å². The fourth-order valence-electron chi connectivity index (χ4n) is 2.74. The van der Waals surface area contributed by atoms with Crippen LogP contribution in [0.2, 0.25) is 0 Å². The molecule has 3 heteroatoms. The van der Waals surface area contributed by atoms with Gasteiger partial charge in [-0.15, -0.1) is 0 Å². The minimum absolute atomic E-state index is 0. The van der Waals surface area contributed by atoms with E-state index in [4.69, 9.17) is 0 Å². The Morgan fingerprint density at radius 3 is 1.07 bits per heavy atom. The molecular formula is C42H92O2S. The van der Waals surface area contributed by atoms with Crippen molar-refractivity contribution >= 4 is 9.84 Å². The highest BCUT2D eigenvalue weighted by Gasteiger charge is 2.15. The first-order chi connectivity index (χ1) is 19.6. The molecule has 1 fully saturated rings. The van der Waals surface area contributed by atoms with Crippen LogP contribution in [0.1, 0.15) is 196 Å². The van der Waals surface area contributed by atoms with E-state index in [0.29, 0.717) is 16.2 Å². The Labute approximate surface area is 290 Å². The van der Waals surface area contributed by atoms with E-state index >= 15 is 0 Å². The summed E-state index contributed by atoms with van der Waals surface area (Å²) in [6.45, 7) is 43.8. The van der Waals surface area contributed by atoms with E-state index in [1.54, 1.807) is 0 Å². The van der Waals surface area contributed by atoms with Crippen molar-refractivity contribution in [3.05, 3.63) is 35.9 Å². The predicted molar refractivity (Wildman–Crippen MR) is 217 cm³/mol. The van der Waals surface area contributed by atoms with E-state index in [9.17, 15) is 8.42 Å². The second-order valence-corrected chi connectivity index (χ2v) is 19.0. The summed E-state index contributed by atoms with van der Waals surface area (Å²) in [6.07, 6.45) is 12.3. The third-order valence-electron chi connectivity index (χ3n) is 5.29. The largest absolute Gasteiger partial charge is 0.229 e. The Bertz CT molecular complexity index is 733. The van der Waals surface area contributed by atoms with E-state index in [1.165, 1.54) is 50.5 Å². The lowest BCUT2D eigenvalue weighted by molar-refractivity contribution is 0.279. The van der Waals surface area contributed by atoms with E-state index in [0.717, 1.165) is 30.3 Å². The predicted octanol–water partition coefficient (Wildman–Crippen LogP) is 15.1. The van der Waals surface area contributed by atoms with Gasteiger partial charge in [0.1, 0.15) is 9.84 Å². The molecule has 1 aromatic carbocycles. The summed E-state index contributed by atoms with van der Waals surface area (Å²) in [5.41, 5.74) is 2.73. The molecule has 0 atom stereocenters. The molecule has 1 aliphatic carbocycles. The molecule has 2 nitrogen and oxygen atoms in total. The van der Waals surface area contributed by atoms with Crippen molar-refractivity contribution in [1.29, 1.82) is 0 Å². The summed E-state index contributed by atoms with van der Waals surface area (Å²) in [5.74, 6) is 2.82. The highest BCUT2D eigenvalue weighted by Crippen LogP contribution is 2.29. The van der Waals surface area contributed by atoms with Gasteiger partial charge in [-0.2, -0.15) is 0 Å². The number of sulfone groups is 1. The van der Waals surface area contributed by atoms with Gasteiger partial charge in [0.15, 0.2) is 0 Å². The second kappa shape index (κ2) is 34.5. The lowest BCUT2D eigenvalue weighted by atomic mass is 9.82. The van der Waals surface area contributed by atoms with Gasteiger partial charge in [-0.05, 0) is 39.6 Å². The van der Waals surface area contributed by atoms with E-state index in [2.05, 4.69) is 155 Å².